The van der Waals surface area contributed by atoms with Gasteiger partial charge in [-0.15, -0.1) is 0 Å². The maximum absolute atomic E-state index is 12.7. The number of hydrogen-bond acceptors (Lipinski definition) is 5. The van der Waals surface area contributed by atoms with Crippen molar-refractivity contribution in [2.24, 2.45) is 0 Å². The smallest absolute Gasteiger partial charge is 0.220 e. The summed E-state index contributed by atoms with van der Waals surface area (Å²) in [4.78, 5) is 27.4. The maximum atomic E-state index is 12.7. The van der Waals surface area contributed by atoms with Gasteiger partial charge in [0.2, 0.25) is 5.91 Å². The summed E-state index contributed by atoms with van der Waals surface area (Å²) in [6.07, 6.45) is 4.47. The van der Waals surface area contributed by atoms with Crippen LogP contribution in [0.1, 0.15) is 48.0 Å². The van der Waals surface area contributed by atoms with E-state index < -0.39 is 0 Å². The summed E-state index contributed by atoms with van der Waals surface area (Å²) in [5.41, 5.74) is 1.83. The van der Waals surface area contributed by atoms with Crippen molar-refractivity contribution < 1.29 is 19.1 Å². The first-order valence-corrected chi connectivity index (χ1v) is 11.7. The Bertz CT molecular complexity index is 909. The summed E-state index contributed by atoms with van der Waals surface area (Å²) >= 11 is 0. The monoisotopic (exact) mass is 436 g/mol. The largest absolute Gasteiger partial charge is 0.486 e. The van der Waals surface area contributed by atoms with Gasteiger partial charge in [0, 0.05) is 31.0 Å². The second-order valence-corrected chi connectivity index (χ2v) is 8.60. The van der Waals surface area contributed by atoms with E-state index in [4.69, 9.17) is 9.47 Å². The lowest BCUT2D eigenvalue weighted by atomic mass is 10.0. The lowest BCUT2D eigenvalue weighted by Crippen LogP contribution is -2.44. The lowest BCUT2D eigenvalue weighted by molar-refractivity contribution is -0.122. The Hall–Kier alpha value is -2.86. The Labute approximate surface area is 189 Å². The number of nitrogens with zero attached hydrogens (tertiary/aromatic N) is 1. The average Bonchev–Trinajstić information content (AvgIpc) is 3.32. The molecular formula is C26H32N2O4. The lowest BCUT2D eigenvalue weighted by Gasteiger charge is -2.25. The second kappa shape index (κ2) is 11.1. The molecule has 0 bridgehead atoms. The molecule has 2 aromatic carbocycles. The van der Waals surface area contributed by atoms with Crippen molar-refractivity contribution in [3.63, 3.8) is 0 Å². The molecule has 0 aromatic heterocycles. The Balaban J connectivity index is 1.31. The molecule has 1 atom stereocenters. The number of carbonyl (C=O) groups is 2. The van der Waals surface area contributed by atoms with E-state index in [1.54, 1.807) is 0 Å². The zero-order valence-corrected chi connectivity index (χ0v) is 18.6. The zero-order valence-electron chi connectivity index (χ0n) is 18.6. The molecule has 2 aliphatic heterocycles. The molecule has 0 aliphatic carbocycles. The molecule has 6 nitrogen and oxygen atoms in total. The summed E-state index contributed by atoms with van der Waals surface area (Å²) in [6.45, 7) is 4.14. The van der Waals surface area contributed by atoms with Crippen LogP contribution in [-0.4, -0.2) is 55.5 Å². The Morgan fingerprint density at radius 3 is 2.47 bits per heavy atom. The first kappa shape index (κ1) is 22.3. The molecule has 6 heteroatoms. The molecule has 1 N–H and O–H groups in total. The van der Waals surface area contributed by atoms with Crippen molar-refractivity contribution in [1.29, 1.82) is 0 Å². The minimum Gasteiger partial charge on any atom is -0.486 e. The van der Waals surface area contributed by atoms with Crippen molar-refractivity contribution in [3.8, 4) is 11.5 Å². The van der Waals surface area contributed by atoms with E-state index in [1.807, 2.05) is 42.5 Å². The van der Waals surface area contributed by atoms with Crippen LogP contribution in [0.25, 0.3) is 0 Å². The van der Waals surface area contributed by atoms with E-state index in [1.165, 1.54) is 12.8 Å². The van der Waals surface area contributed by atoms with Gasteiger partial charge in [-0.05, 0) is 56.5 Å². The molecule has 0 unspecified atom stereocenters. The van der Waals surface area contributed by atoms with Crippen LogP contribution in [0.2, 0.25) is 0 Å². The van der Waals surface area contributed by atoms with Crippen LogP contribution in [0.3, 0.4) is 0 Å². The number of benzene rings is 2. The normalized spacial score (nSPS) is 16.5. The molecule has 1 amide bonds. The number of nitrogens with one attached hydrogen (secondary N) is 1. The molecule has 1 saturated heterocycles. The van der Waals surface area contributed by atoms with E-state index in [0.717, 1.165) is 43.1 Å². The number of ketones is 1. The molecule has 32 heavy (non-hydrogen) atoms. The fourth-order valence-corrected chi connectivity index (χ4v) is 4.42. The molecular weight excluding hydrogens is 404 g/mol. The van der Waals surface area contributed by atoms with Gasteiger partial charge in [-0.2, -0.15) is 0 Å². The molecule has 0 saturated carbocycles. The minimum absolute atomic E-state index is 0.00704. The quantitative estimate of drug-likeness (QED) is 0.576. The van der Waals surface area contributed by atoms with Crippen LogP contribution in [0.5, 0.6) is 11.5 Å². The summed E-state index contributed by atoms with van der Waals surface area (Å²) in [7, 11) is 0. The Kier molecular flexibility index (Phi) is 7.77. The van der Waals surface area contributed by atoms with E-state index in [-0.39, 0.29) is 17.7 Å². The van der Waals surface area contributed by atoms with Gasteiger partial charge in [-0.1, -0.05) is 36.4 Å². The van der Waals surface area contributed by atoms with Gasteiger partial charge < -0.3 is 19.7 Å². The highest BCUT2D eigenvalue weighted by atomic mass is 16.6. The van der Waals surface area contributed by atoms with E-state index in [9.17, 15) is 9.59 Å². The molecule has 4 rings (SSSR count). The molecule has 2 aliphatic rings. The number of ether oxygens (including phenoxy) is 2. The number of carbonyl (C=O) groups excluding carboxylic acids is 2. The summed E-state index contributed by atoms with van der Waals surface area (Å²) in [5.74, 6) is 1.65. The van der Waals surface area contributed by atoms with Crippen LogP contribution >= 0.6 is 0 Å². The molecule has 1 fully saturated rings. The number of rotatable bonds is 10. The summed E-state index contributed by atoms with van der Waals surface area (Å²) < 4.78 is 11.3. The first-order chi connectivity index (χ1) is 15.7. The van der Waals surface area contributed by atoms with Crippen LogP contribution < -0.4 is 14.8 Å². The summed E-state index contributed by atoms with van der Waals surface area (Å²) in [5, 5.41) is 3.22. The van der Waals surface area contributed by atoms with Gasteiger partial charge in [0.1, 0.15) is 13.2 Å². The molecule has 2 aromatic rings. The number of likely N-dealkylation sites (tertiary alicyclic amines) is 1. The number of fused-ring (bicyclic) bond motifs is 1. The number of Topliss-reactive ketones (excluding diaryl/α,β-unsaturated/α-hetero) is 1. The highest BCUT2D eigenvalue weighted by Crippen LogP contribution is 2.31. The fraction of sp³-hybridized carbons (Fsp3) is 0.462. The van der Waals surface area contributed by atoms with E-state index in [2.05, 4.69) is 16.3 Å². The van der Waals surface area contributed by atoms with Crippen LogP contribution in [0, 0.1) is 0 Å². The van der Waals surface area contributed by atoms with Crippen LogP contribution in [-0.2, 0) is 11.2 Å². The number of hydrogen-bond donors (Lipinski definition) is 1. The third-order valence-electron chi connectivity index (χ3n) is 6.03. The van der Waals surface area contributed by atoms with Gasteiger partial charge >= 0.3 is 0 Å². The first-order valence-electron chi connectivity index (χ1n) is 11.7. The second-order valence-electron chi connectivity index (χ2n) is 8.60. The van der Waals surface area contributed by atoms with Gasteiger partial charge in [0.05, 0.1) is 0 Å². The van der Waals surface area contributed by atoms with Crippen molar-refractivity contribution in [2.45, 2.75) is 44.6 Å². The third-order valence-corrected chi connectivity index (χ3v) is 6.03. The molecule has 0 spiro atoms. The van der Waals surface area contributed by atoms with E-state index >= 15 is 0 Å². The van der Waals surface area contributed by atoms with Gasteiger partial charge in [0.15, 0.2) is 17.3 Å². The standard InChI is InChI=1S/C26H32N2O4/c29-23(21-7-2-1-3-8-21)9-6-10-26(30)27-22(19-28-13-4-5-14-28)17-20-11-12-24-25(18-20)32-16-15-31-24/h1-3,7-8,11-12,18,22H,4-6,9-10,13-17,19H2,(H,27,30)/t22-/m0/s1. The van der Waals surface area contributed by atoms with Crippen LogP contribution in [0.4, 0.5) is 0 Å². The van der Waals surface area contributed by atoms with Crippen molar-refractivity contribution >= 4 is 11.7 Å². The average molecular weight is 437 g/mol. The third kappa shape index (κ3) is 6.33. The van der Waals surface area contributed by atoms with Crippen molar-refractivity contribution in [2.75, 3.05) is 32.8 Å². The SMILES string of the molecule is O=C(CCCC(=O)c1ccccc1)N[C@@H](Cc1ccc2c(c1)OCCO2)CN1CCCC1. The van der Waals surface area contributed by atoms with Gasteiger partial charge in [-0.25, -0.2) is 0 Å². The topological polar surface area (TPSA) is 67.9 Å². The highest BCUT2D eigenvalue weighted by Gasteiger charge is 2.21. The molecule has 170 valence electrons. The maximum Gasteiger partial charge on any atom is 0.220 e. The van der Waals surface area contributed by atoms with Gasteiger partial charge in [-0.3, -0.25) is 9.59 Å². The highest BCUT2D eigenvalue weighted by molar-refractivity contribution is 5.96. The zero-order chi connectivity index (χ0) is 22.2. The molecule has 0 radical (unpaired) electrons. The minimum atomic E-state index is 0.00704. The van der Waals surface area contributed by atoms with Crippen molar-refractivity contribution in [1.82, 2.24) is 10.2 Å². The molecule has 2 heterocycles. The van der Waals surface area contributed by atoms with Gasteiger partial charge in [0.25, 0.3) is 0 Å². The number of amides is 1. The van der Waals surface area contributed by atoms with E-state index in [0.29, 0.717) is 38.0 Å². The van der Waals surface area contributed by atoms with Crippen molar-refractivity contribution in [3.05, 3.63) is 59.7 Å². The fourth-order valence-electron chi connectivity index (χ4n) is 4.42. The Morgan fingerprint density at radius 2 is 1.69 bits per heavy atom. The van der Waals surface area contributed by atoms with Crippen LogP contribution in [0.15, 0.2) is 48.5 Å². The Morgan fingerprint density at radius 1 is 0.938 bits per heavy atom. The predicted octanol–water partition coefficient (Wildman–Crippen LogP) is 3.63. The predicted molar refractivity (Wildman–Crippen MR) is 123 cm³/mol. The summed E-state index contributed by atoms with van der Waals surface area (Å²) in [6, 6.07) is 15.3.